The second-order valence-electron chi connectivity index (χ2n) is 4.82. The van der Waals surface area contributed by atoms with Crippen LogP contribution >= 0.6 is 11.5 Å². The van der Waals surface area contributed by atoms with Gasteiger partial charge in [0.15, 0.2) is 0 Å². The minimum Gasteiger partial charge on any atom is -0.376 e. The van der Waals surface area contributed by atoms with Crippen LogP contribution in [0.3, 0.4) is 0 Å². The number of rotatable bonds is 6. The van der Waals surface area contributed by atoms with Gasteiger partial charge >= 0.3 is 0 Å². The molecule has 0 radical (unpaired) electrons. The Morgan fingerprint density at radius 3 is 2.82 bits per heavy atom. The molecule has 1 saturated carbocycles. The fourth-order valence-corrected chi connectivity index (χ4v) is 2.71. The molecule has 17 heavy (non-hydrogen) atoms. The summed E-state index contributed by atoms with van der Waals surface area (Å²) in [5, 5.41) is 4.17. The molecular formula is C12H21N3OS. The van der Waals surface area contributed by atoms with Gasteiger partial charge in [-0.15, -0.1) is 0 Å². The van der Waals surface area contributed by atoms with Crippen molar-refractivity contribution in [2.24, 2.45) is 0 Å². The zero-order valence-electron chi connectivity index (χ0n) is 10.6. The lowest BCUT2D eigenvalue weighted by Crippen LogP contribution is -2.15. The number of hydrogen-bond acceptors (Lipinski definition) is 5. The van der Waals surface area contributed by atoms with Crippen LogP contribution in [0.5, 0.6) is 0 Å². The first-order chi connectivity index (χ1) is 8.25. The minimum absolute atomic E-state index is 0.400. The van der Waals surface area contributed by atoms with Crippen LogP contribution in [0.2, 0.25) is 0 Å². The highest BCUT2D eigenvalue weighted by molar-refractivity contribution is 7.09. The average molecular weight is 255 g/mol. The van der Waals surface area contributed by atoms with Crippen LogP contribution in [-0.2, 0) is 4.74 Å². The molecule has 0 spiro atoms. The molecule has 1 aliphatic carbocycles. The van der Waals surface area contributed by atoms with E-state index in [0.29, 0.717) is 12.0 Å². The van der Waals surface area contributed by atoms with Crippen LogP contribution in [0.4, 0.5) is 5.13 Å². The molecule has 0 unspecified atom stereocenters. The Kier molecular flexibility index (Phi) is 4.74. The van der Waals surface area contributed by atoms with Crippen molar-refractivity contribution in [1.29, 1.82) is 0 Å². The Hall–Kier alpha value is -0.680. The van der Waals surface area contributed by atoms with Crippen LogP contribution in [0, 0.1) is 0 Å². The van der Waals surface area contributed by atoms with Crippen LogP contribution < -0.4 is 5.32 Å². The van der Waals surface area contributed by atoms with E-state index in [1.807, 2.05) is 0 Å². The zero-order valence-corrected chi connectivity index (χ0v) is 11.4. The van der Waals surface area contributed by atoms with E-state index >= 15 is 0 Å². The quantitative estimate of drug-likeness (QED) is 0.794. The van der Waals surface area contributed by atoms with Gasteiger partial charge in [-0.3, -0.25) is 0 Å². The Bertz CT molecular complexity index is 334. The normalized spacial score (nSPS) is 16.9. The summed E-state index contributed by atoms with van der Waals surface area (Å²) in [5.41, 5.74) is 0. The summed E-state index contributed by atoms with van der Waals surface area (Å²) in [4.78, 5) is 4.42. The second-order valence-corrected chi connectivity index (χ2v) is 5.57. The molecular weight excluding hydrogens is 234 g/mol. The van der Waals surface area contributed by atoms with Gasteiger partial charge in [0.25, 0.3) is 0 Å². The number of anilines is 1. The van der Waals surface area contributed by atoms with E-state index in [9.17, 15) is 0 Å². The van der Waals surface area contributed by atoms with E-state index < -0.39 is 0 Å². The van der Waals surface area contributed by atoms with Gasteiger partial charge in [0.05, 0.1) is 12.7 Å². The third kappa shape index (κ3) is 3.92. The highest BCUT2D eigenvalue weighted by Crippen LogP contribution is 2.21. The highest BCUT2D eigenvalue weighted by Gasteiger charge is 2.14. The van der Waals surface area contributed by atoms with Gasteiger partial charge in [-0.2, -0.15) is 4.37 Å². The Labute approximate surface area is 107 Å². The molecule has 1 N–H and O–H groups in total. The van der Waals surface area contributed by atoms with E-state index in [4.69, 9.17) is 4.74 Å². The van der Waals surface area contributed by atoms with Crippen LogP contribution in [0.1, 0.15) is 51.3 Å². The molecule has 0 atom stereocenters. The Morgan fingerprint density at radius 2 is 2.18 bits per heavy atom. The second kappa shape index (κ2) is 6.31. The fraction of sp³-hybridized carbons (Fsp3) is 0.833. The molecule has 4 nitrogen and oxygen atoms in total. The fourth-order valence-electron chi connectivity index (χ4n) is 1.98. The molecule has 96 valence electrons. The molecule has 1 fully saturated rings. The maximum Gasteiger partial charge on any atom is 0.202 e. The third-order valence-corrected chi connectivity index (χ3v) is 3.68. The van der Waals surface area contributed by atoms with E-state index in [2.05, 4.69) is 28.5 Å². The maximum absolute atomic E-state index is 5.77. The van der Waals surface area contributed by atoms with Crippen molar-refractivity contribution in [3.63, 3.8) is 0 Å². The van der Waals surface area contributed by atoms with E-state index in [-0.39, 0.29) is 0 Å². The van der Waals surface area contributed by atoms with E-state index in [1.165, 1.54) is 37.2 Å². The van der Waals surface area contributed by atoms with Crippen molar-refractivity contribution >= 4 is 16.7 Å². The molecule has 1 aromatic rings. The van der Waals surface area contributed by atoms with Gasteiger partial charge in [0.1, 0.15) is 5.82 Å². The predicted octanol–water partition coefficient (Wildman–Crippen LogP) is 3.03. The summed E-state index contributed by atoms with van der Waals surface area (Å²) in [6, 6.07) is 0. The lowest BCUT2D eigenvalue weighted by atomic mass is 10.2. The largest absolute Gasteiger partial charge is 0.376 e. The lowest BCUT2D eigenvalue weighted by Gasteiger charge is -2.10. The molecule has 5 heteroatoms. The Balaban J connectivity index is 1.63. The highest BCUT2D eigenvalue weighted by atomic mass is 32.1. The van der Waals surface area contributed by atoms with Gasteiger partial charge in [0.2, 0.25) is 5.13 Å². The summed E-state index contributed by atoms with van der Waals surface area (Å²) in [7, 11) is 0. The number of nitrogens with one attached hydrogen (secondary N) is 1. The van der Waals surface area contributed by atoms with Gasteiger partial charge in [0, 0.05) is 24.0 Å². The average Bonchev–Trinajstić information content (AvgIpc) is 2.96. The number of hydrogen-bond donors (Lipinski definition) is 1. The summed E-state index contributed by atoms with van der Waals surface area (Å²) < 4.78 is 10.1. The smallest absolute Gasteiger partial charge is 0.202 e. The van der Waals surface area contributed by atoms with Crippen molar-refractivity contribution in [2.75, 3.05) is 18.5 Å². The van der Waals surface area contributed by atoms with Crippen LogP contribution in [0.15, 0.2) is 0 Å². The van der Waals surface area contributed by atoms with E-state index in [0.717, 1.165) is 24.1 Å². The number of aromatic nitrogens is 2. The first-order valence-electron chi connectivity index (χ1n) is 6.45. The summed E-state index contributed by atoms with van der Waals surface area (Å²) in [6.45, 7) is 5.80. The summed E-state index contributed by atoms with van der Waals surface area (Å²) >= 11 is 1.43. The SMILES string of the molecule is CC(C)c1nsc(NCCOC2CCCC2)n1. The predicted molar refractivity (Wildman–Crippen MR) is 70.7 cm³/mol. The maximum atomic E-state index is 5.77. The molecule has 1 heterocycles. The molecule has 2 rings (SSSR count). The molecule has 1 aliphatic rings. The third-order valence-electron chi connectivity index (χ3n) is 2.99. The first kappa shape index (κ1) is 12.8. The summed E-state index contributed by atoms with van der Waals surface area (Å²) in [5.74, 6) is 1.32. The van der Waals surface area contributed by atoms with Crippen molar-refractivity contribution in [3.05, 3.63) is 5.82 Å². The van der Waals surface area contributed by atoms with Crippen molar-refractivity contribution < 1.29 is 4.74 Å². The standard InChI is InChI=1S/C12H21N3OS/c1-9(2)11-14-12(17-15-11)13-7-8-16-10-5-3-4-6-10/h9-10H,3-8H2,1-2H3,(H,13,14,15). The molecule has 0 aliphatic heterocycles. The van der Waals surface area contributed by atoms with Gasteiger partial charge in [-0.05, 0) is 12.8 Å². The van der Waals surface area contributed by atoms with Crippen molar-refractivity contribution in [2.45, 2.75) is 51.6 Å². The zero-order chi connectivity index (χ0) is 12.1. The molecule has 0 bridgehead atoms. The van der Waals surface area contributed by atoms with Gasteiger partial charge < -0.3 is 10.1 Å². The van der Waals surface area contributed by atoms with Crippen molar-refractivity contribution in [3.8, 4) is 0 Å². The van der Waals surface area contributed by atoms with Crippen molar-refractivity contribution in [1.82, 2.24) is 9.36 Å². The molecule has 0 saturated heterocycles. The van der Waals surface area contributed by atoms with Gasteiger partial charge in [-0.25, -0.2) is 4.98 Å². The topological polar surface area (TPSA) is 47.0 Å². The monoisotopic (exact) mass is 255 g/mol. The number of ether oxygens (including phenoxy) is 1. The Morgan fingerprint density at radius 1 is 1.41 bits per heavy atom. The molecule has 0 aromatic carbocycles. The van der Waals surface area contributed by atoms with E-state index in [1.54, 1.807) is 0 Å². The number of nitrogens with zero attached hydrogens (tertiary/aromatic N) is 2. The van der Waals surface area contributed by atoms with Gasteiger partial charge in [-0.1, -0.05) is 26.7 Å². The van der Waals surface area contributed by atoms with Crippen LogP contribution in [-0.4, -0.2) is 28.6 Å². The molecule has 0 amide bonds. The van der Waals surface area contributed by atoms with Crippen LogP contribution in [0.25, 0.3) is 0 Å². The minimum atomic E-state index is 0.400. The summed E-state index contributed by atoms with van der Waals surface area (Å²) in [6.07, 6.45) is 5.61. The first-order valence-corrected chi connectivity index (χ1v) is 7.22. The lowest BCUT2D eigenvalue weighted by molar-refractivity contribution is 0.0659. The molecule has 1 aromatic heterocycles.